The lowest BCUT2D eigenvalue weighted by Crippen LogP contribution is -2.13. The van der Waals surface area contributed by atoms with E-state index >= 15 is 0 Å². The normalized spacial score (nSPS) is 9.57. The predicted octanol–water partition coefficient (Wildman–Crippen LogP) is 1.45. The Bertz CT molecular complexity index is 220. The van der Waals surface area contributed by atoms with E-state index in [1.807, 2.05) is 6.92 Å². The Balaban J connectivity index is 3.56. The molecule has 0 amide bonds. The molecule has 0 N–H and O–H groups in total. The summed E-state index contributed by atoms with van der Waals surface area (Å²) in [5, 5.41) is 0. The van der Waals surface area contributed by atoms with Crippen LogP contribution in [0.25, 0.3) is 0 Å². The van der Waals surface area contributed by atoms with Gasteiger partial charge >= 0.3 is 11.9 Å². The SMILES string of the molecule is C=C(C)C(=O)OC(=O)CCCOCC. The van der Waals surface area contributed by atoms with E-state index in [2.05, 4.69) is 11.3 Å². The van der Waals surface area contributed by atoms with Gasteiger partial charge in [0, 0.05) is 25.2 Å². The Morgan fingerprint density at radius 1 is 1.36 bits per heavy atom. The van der Waals surface area contributed by atoms with Gasteiger partial charge < -0.3 is 9.47 Å². The molecule has 0 heterocycles. The zero-order chi connectivity index (χ0) is 11.0. The molecule has 4 heteroatoms. The Morgan fingerprint density at radius 2 is 2.00 bits per heavy atom. The first-order valence-corrected chi connectivity index (χ1v) is 4.56. The number of esters is 2. The van der Waals surface area contributed by atoms with Crippen LogP contribution >= 0.6 is 0 Å². The molecule has 80 valence electrons. The number of carbonyl (C=O) groups excluding carboxylic acids is 2. The predicted molar refractivity (Wildman–Crippen MR) is 51.6 cm³/mol. The molecule has 0 aromatic rings. The van der Waals surface area contributed by atoms with Crippen molar-refractivity contribution < 1.29 is 19.1 Å². The van der Waals surface area contributed by atoms with Gasteiger partial charge in [-0.05, 0) is 20.3 Å². The maximum atomic E-state index is 11.0. The van der Waals surface area contributed by atoms with E-state index in [0.717, 1.165) is 0 Å². The fourth-order valence-corrected chi connectivity index (χ4v) is 0.704. The average Bonchev–Trinajstić information content (AvgIpc) is 2.12. The van der Waals surface area contributed by atoms with Crippen molar-refractivity contribution in [2.24, 2.45) is 0 Å². The molecule has 14 heavy (non-hydrogen) atoms. The second-order valence-electron chi connectivity index (χ2n) is 2.84. The molecular weight excluding hydrogens is 184 g/mol. The average molecular weight is 200 g/mol. The van der Waals surface area contributed by atoms with Gasteiger partial charge in [0.15, 0.2) is 0 Å². The minimum atomic E-state index is -0.661. The van der Waals surface area contributed by atoms with Gasteiger partial charge in [0.05, 0.1) is 0 Å². The van der Waals surface area contributed by atoms with E-state index in [9.17, 15) is 9.59 Å². The topological polar surface area (TPSA) is 52.6 Å². The van der Waals surface area contributed by atoms with Crippen molar-refractivity contribution in [2.45, 2.75) is 26.7 Å². The number of ether oxygens (including phenoxy) is 2. The molecule has 0 atom stereocenters. The van der Waals surface area contributed by atoms with Crippen LogP contribution in [-0.4, -0.2) is 25.2 Å². The number of hydrogen-bond acceptors (Lipinski definition) is 4. The molecule has 0 aliphatic rings. The largest absolute Gasteiger partial charge is 0.390 e. The first-order valence-electron chi connectivity index (χ1n) is 4.56. The van der Waals surface area contributed by atoms with Crippen LogP contribution in [0, 0.1) is 0 Å². The highest BCUT2D eigenvalue weighted by molar-refractivity contribution is 5.95. The van der Waals surface area contributed by atoms with Crippen molar-refractivity contribution in [2.75, 3.05) is 13.2 Å². The number of rotatable bonds is 6. The Kier molecular flexibility index (Phi) is 6.66. The molecular formula is C10H16O4. The summed E-state index contributed by atoms with van der Waals surface area (Å²) >= 11 is 0. The molecule has 0 aliphatic carbocycles. The van der Waals surface area contributed by atoms with Crippen LogP contribution < -0.4 is 0 Å². The Hall–Kier alpha value is -1.16. The van der Waals surface area contributed by atoms with Crippen LogP contribution in [0.3, 0.4) is 0 Å². The summed E-state index contributed by atoms with van der Waals surface area (Å²) < 4.78 is 9.49. The van der Waals surface area contributed by atoms with Crippen LogP contribution in [0.15, 0.2) is 12.2 Å². The number of carbonyl (C=O) groups is 2. The van der Waals surface area contributed by atoms with Crippen LogP contribution in [0.2, 0.25) is 0 Å². The van der Waals surface area contributed by atoms with E-state index in [1.54, 1.807) is 0 Å². The van der Waals surface area contributed by atoms with Gasteiger partial charge in [-0.25, -0.2) is 4.79 Å². The van der Waals surface area contributed by atoms with E-state index in [0.29, 0.717) is 19.6 Å². The molecule has 0 aromatic carbocycles. The molecule has 0 unspecified atom stereocenters. The van der Waals surface area contributed by atoms with E-state index in [1.165, 1.54) is 6.92 Å². The highest BCUT2D eigenvalue weighted by atomic mass is 16.6. The second kappa shape index (κ2) is 7.26. The summed E-state index contributed by atoms with van der Waals surface area (Å²) in [6.07, 6.45) is 0.759. The quantitative estimate of drug-likeness (QED) is 0.282. The van der Waals surface area contributed by atoms with Gasteiger partial charge in [-0.15, -0.1) is 0 Å². The molecule has 0 rings (SSSR count). The monoisotopic (exact) mass is 200 g/mol. The summed E-state index contributed by atoms with van der Waals surface area (Å²) in [7, 11) is 0. The summed E-state index contributed by atoms with van der Waals surface area (Å²) in [5.74, 6) is -1.19. The molecule has 0 radical (unpaired) electrons. The van der Waals surface area contributed by atoms with E-state index < -0.39 is 11.9 Å². The van der Waals surface area contributed by atoms with Crippen molar-refractivity contribution in [3.05, 3.63) is 12.2 Å². The fraction of sp³-hybridized carbons (Fsp3) is 0.600. The van der Waals surface area contributed by atoms with Crippen molar-refractivity contribution >= 4 is 11.9 Å². The molecule has 0 bridgehead atoms. The smallest absolute Gasteiger partial charge is 0.340 e. The van der Waals surface area contributed by atoms with Crippen molar-refractivity contribution in [1.82, 2.24) is 0 Å². The lowest BCUT2D eigenvalue weighted by Gasteiger charge is -2.02. The standard InChI is InChI=1S/C10H16O4/c1-4-13-7-5-6-9(11)14-10(12)8(2)3/h2,4-7H2,1,3H3. The van der Waals surface area contributed by atoms with Gasteiger partial charge in [0.25, 0.3) is 0 Å². The summed E-state index contributed by atoms with van der Waals surface area (Å²) in [6, 6.07) is 0. The molecule has 0 aliphatic heterocycles. The highest BCUT2D eigenvalue weighted by Gasteiger charge is 2.09. The third-order valence-corrected chi connectivity index (χ3v) is 1.43. The van der Waals surface area contributed by atoms with Gasteiger partial charge in [0.1, 0.15) is 0 Å². The molecule has 0 saturated carbocycles. The third-order valence-electron chi connectivity index (χ3n) is 1.43. The van der Waals surface area contributed by atoms with Crippen molar-refractivity contribution in [3.8, 4) is 0 Å². The minimum Gasteiger partial charge on any atom is -0.390 e. The van der Waals surface area contributed by atoms with Crippen LogP contribution in [0.1, 0.15) is 26.7 Å². The molecule has 4 nitrogen and oxygen atoms in total. The van der Waals surface area contributed by atoms with Gasteiger partial charge in [-0.1, -0.05) is 6.58 Å². The molecule has 0 fully saturated rings. The first kappa shape index (κ1) is 12.8. The minimum absolute atomic E-state index is 0.193. The zero-order valence-electron chi connectivity index (χ0n) is 8.67. The third kappa shape index (κ3) is 6.37. The Labute approximate surface area is 83.9 Å². The van der Waals surface area contributed by atoms with E-state index in [4.69, 9.17) is 4.74 Å². The maximum absolute atomic E-state index is 11.0. The van der Waals surface area contributed by atoms with Gasteiger partial charge in [-0.2, -0.15) is 0 Å². The van der Waals surface area contributed by atoms with E-state index in [-0.39, 0.29) is 12.0 Å². The van der Waals surface area contributed by atoms with Crippen molar-refractivity contribution in [3.63, 3.8) is 0 Å². The van der Waals surface area contributed by atoms with Crippen LogP contribution in [0.5, 0.6) is 0 Å². The second-order valence-corrected chi connectivity index (χ2v) is 2.84. The molecule has 0 spiro atoms. The van der Waals surface area contributed by atoms with Crippen LogP contribution in [-0.2, 0) is 19.1 Å². The highest BCUT2D eigenvalue weighted by Crippen LogP contribution is 1.98. The van der Waals surface area contributed by atoms with Crippen LogP contribution in [0.4, 0.5) is 0 Å². The Morgan fingerprint density at radius 3 is 2.50 bits per heavy atom. The van der Waals surface area contributed by atoms with Gasteiger partial charge in [0.2, 0.25) is 0 Å². The lowest BCUT2D eigenvalue weighted by molar-refractivity contribution is -0.157. The molecule has 0 saturated heterocycles. The lowest BCUT2D eigenvalue weighted by atomic mass is 10.3. The molecule has 0 aromatic heterocycles. The zero-order valence-corrected chi connectivity index (χ0v) is 8.67. The fourth-order valence-electron chi connectivity index (χ4n) is 0.704. The maximum Gasteiger partial charge on any atom is 0.340 e. The first-order chi connectivity index (χ1) is 6.57. The summed E-state index contributed by atoms with van der Waals surface area (Å²) in [4.78, 5) is 21.8. The summed E-state index contributed by atoms with van der Waals surface area (Å²) in [5.41, 5.74) is 0.225. The van der Waals surface area contributed by atoms with Gasteiger partial charge in [-0.3, -0.25) is 4.79 Å². The van der Waals surface area contributed by atoms with Crippen molar-refractivity contribution in [1.29, 1.82) is 0 Å². The number of hydrogen-bond donors (Lipinski definition) is 0. The summed E-state index contributed by atoms with van der Waals surface area (Å²) in [6.45, 7) is 7.87.